The van der Waals surface area contributed by atoms with E-state index in [0.717, 1.165) is 6.07 Å². The van der Waals surface area contributed by atoms with Gasteiger partial charge in [-0.1, -0.05) is 25.0 Å². The first-order chi connectivity index (χ1) is 10.3. The first-order valence-corrected chi connectivity index (χ1v) is 6.91. The van der Waals surface area contributed by atoms with Gasteiger partial charge in [-0.3, -0.25) is 9.59 Å². The van der Waals surface area contributed by atoms with Crippen LogP contribution in [0.5, 0.6) is 5.75 Å². The molecule has 0 amide bonds. The minimum absolute atomic E-state index is 0.224. The van der Waals surface area contributed by atoms with E-state index in [-0.39, 0.29) is 5.56 Å². The predicted molar refractivity (Wildman–Crippen MR) is 70.5 cm³/mol. The van der Waals surface area contributed by atoms with Crippen molar-refractivity contribution < 1.29 is 32.6 Å². The summed E-state index contributed by atoms with van der Waals surface area (Å²) >= 11 is 0. The van der Waals surface area contributed by atoms with Gasteiger partial charge in [0, 0.05) is 5.92 Å². The summed E-state index contributed by atoms with van der Waals surface area (Å²) in [6.45, 7) is 0. The second kappa shape index (κ2) is 6.37. The molecule has 2 unspecified atom stereocenters. The number of hydrogen-bond donors (Lipinski definition) is 1. The van der Waals surface area contributed by atoms with Gasteiger partial charge in [-0.25, -0.2) is 0 Å². The van der Waals surface area contributed by atoms with Crippen LogP contribution < -0.4 is 4.74 Å². The summed E-state index contributed by atoms with van der Waals surface area (Å²) in [7, 11) is 0. The highest BCUT2D eigenvalue weighted by molar-refractivity contribution is 6.02. The molecule has 0 aliphatic heterocycles. The van der Waals surface area contributed by atoms with Crippen LogP contribution in [0.25, 0.3) is 0 Å². The number of ketones is 1. The normalized spacial score (nSPS) is 22.1. The molecule has 0 saturated heterocycles. The van der Waals surface area contributed by atoms with Crippen molar-refractivity contribution in [3.63, 3.8) is 0 Å². The maximum atomic E-state index is 12.5. The molecule has 1 aliphatic rings. The molecule has 120 valence electrons. The molecule has 4 nitrogen and oxygen atoms in total. The van der Waals surface area contributed by atoms with Crippen LogP contribution in [0, 0.1) is 11.8 Å². The van der Waals surface area contributed by atoms with Crippen molar-refractivity contribution in [2.75, 3.05) is 0 Å². The maximum absolute atomic E-state index is 12.5. The van der Waals surface area contributed by atoms with Gasteiger partial charge in [0.15, 0.2) is 5.78 Å². The van der Waals surface area contributed by atoms with Crippen LogP contribution in [0.2, 0.25) is 0 Å². The standard InChI is InChI=1S/C15H15F3O4/c16-15(17,18)22-12-8-4-3-7-11(12)13(19)9-5-1-2-6-10(9)14(20)21/h3-4,7-10H,1-2,5-6H2,(H,20,21). The van der Waals surface area contributed by atoms with E-state index >= 15 is 0 Å². The van der Waals surface area contributed by atoms with Crippen molar-refractivity contribution in [2.24, 2.45) is 11.8 Å². The number of halogens is 3. The van der Waals surface area contributed by atoms with Gasteiger partial charge in [0.25, 0.3) is 0 Å². The van der Waals surface area contributed by atoms with Crippen LogP contribution in [-0.4, -0.2) is 23.2 Å². The second-order valence-electron chi connectivity index (χ2n) is 5.24. The number of carbonyl (C=O) groups excluding carboxylic acids is 1. The Kier molecular flexibility index (Phi) is 4.73. The molecule has 1 N–H and O–H groups in total. The number of rotatable bonds is 4. The van der Waals surface area contributed by atoms with Crippen LogP contribution in [0.4, 0.5) is 13.2 Å². The molecule has 0 radical (unpaired) electrons. The number of ether oxygens (including phenoxy) is 1. The van der Waals surface area contributed by atoms with Gasteiger partial charge in [-0.15, -0.1) is 13.2 Å². The lowest BCUT2D eigenvalue weighted by Crippen LogP contribution is -2.33. The lowest BCUT2D eigenvalue weighted by Gasteiger charge is -2.27. The fourth-order valence-corrected chi connectivity index (χ4v) is 2.82. The lowest BCUT2D eigenvalue weighted by molar-refractivity contribution is -0.274. The zero-order valence-corrected chi connectivity index (χ0v) is 11.6. The number of carbonyl (C=O) groups is 2. The van der Waals surface area contributed by atoms with Crippen molar-refractivity contribution >= 4 is 11.8 Å². The van der Waals surface area contributed by atoms with E-state index in [1.54, 1.807) is 0 Å². The number of hydrogen-bond acceptors (Lipinski definition) is 3. The Labute approximate surface area is 124 Å². The zero-order chi connectivity index (χ0) is 16.3. The van der Waals surface area contributed by atoms with Gasteiger partial charge in [-0.2, -0.15) is 0 Å². The highest BCUT2D eigenvalue weighted by Gasteiger charge is 2.38. The van der Waals surface area contributed by atoms with Crippen LogP contribution in [0.1, 0.15) is 36.0 Å². The molecule has 22 heavy (non-hydrogen) atoms. The minimum atomic E-state index is -4.91. The second-order valence-corrected chi connectivity index (χ2v) is 5.24. The average molecular weight is 316 g/mol. The van der Waals surface area contributed by atoms with E-state index in [4.69, 9.17) is 0 Å². The molecule has 1 saturated carbocycles. The van der Waals surface area contributed by atoms with E-state index in [1.165, 1.54) is 18.2 Å². The third kappa shape index (κ3) is 3.78. The van der Waals surface area contributed by atoms with Crippen molar-refractivity contribution in [1.82, 2.24) is 0 Å². The molecule has 1 fully saturated rings. The number of aliphatic carboxylic acids is 1. The zero-order valence-electron chi connectivity index (χ0n) is 11.6. The molecule has 2 rings (SSSR count). The number of para-hydroxylation sites is 1. The highest BCUT2D eigenvalue weighted by Crippen LogP contribution is 2.35. The Morgan fingerprint density at radius 3 is 2.27 bits per heavy atom. The molecular weight excluding hydrogens is 301 g/mol. The molecule has 1 aromatic carbocycles. The maximum Gasteiger partial charge on any atom is 0.573 e. The molecule has 1 aliphatic carbocycles. The Morgan fingerprint density at radius 1 is 1.09 bits per heavy atom. The molecule has 0 bridgehead atoms. The number of Topliss-reactive ketones (excluding diaryl/α,β-unsaturated/α-hetero) is 1. The Morgan fingerprint density at radius 2 is 1.68 bits per heavy atom. The van der Waals surface area contributed by atoms with Crippen LogP contribution in [0.15, 0.2) is 24.3 Å². The molecule has 1 aromatic rings. The third-order valence-corrected chi connectivity index (χ3v) is 3.80. The van der Waals surface area contributed by atoms with Crippen molar-refractivity contribution in [3.05, 3.63) is 29.8 Å². The first-order valence-electron chi connectivity index (χ1n) is 6.91. The van der Waals surface area contributed by atoms with E-state index in [9.17, 15) is 27.9 Å². The molecule has 0 aromatic heterocycles. The molecule has 0 spiro atoms. The first kappa shape index (κ1) is 16.3. The summed E-state index contributed by atoms with van der Waals surface area (Å²) in [6.07, 6.45) is -2.82. The molecule has 7 heteroatoms. The average Bonchev–Trinajstić information content (AvgIpc) is 2.45. The van der Waals surface area contributed by atoms with E-state index in [1.807, 2.05) is 0 Å². The quantitative estimate of drug-likeness (QED) is 0.861. The Hall–Kier alpha value is -2.05. The summed E-state index contributed by atoms with van der Waals surface area (Å²) in [5, 5.41) is 9.20. The van der Waals surface area contributed by atoms with Gasteiger partial charge >= 0.3 is 12.3 Å². The van der Waals surface area contributed by atoms with Gasteiger partial charge in [0.2, 0.25) is 0 Å². The smallest absolute Gasteiger partial charge is 0.481 e. The number of carboxylic acid groups (broad SMARTS) is 1. The van der Waals surface area contributed by atoms with Crippen LogP contribution in [-0.2, 0) is 4.79 Å². The van der Waals surface area contributed by atoms with E-state index < -0.39 is 35.7 Å². The summed E-state index contributed by atoms with van der Waals surface area (Å²) < 4.78 is 41.1. The summed E-state index contributed by atoms with van der Waals surface area (Å²) in [6, 6.07) is 5.04. The van der Waals surface area contributed by atoms with Crippen molar-refractivity contribution in [2.45, 2.75) is 32.0 Å². The molecule has 2 atom stereocenters. The van der Waals surface area contributed by atoms with E-state index in [2.05, 4.69) is 4.74 Å². The number of alkyl halides is 3. The van der Waals surface area contributed by atoms with Crippen LogP contribution >= 0.6 is 0 Å². The summed E-state index contributed by atoms with van der Waals surface area (Å²) in [5.74, 6) is -3.96. The lowest BCUT2D eigenvalue weighted by atomic mass is 9.75. The number of benzene rings is 1. The van der Waals surface area contributed by atoms with Gasteiger partial charge in [0.1, 0.15) is 5.75 Å². The van der Waals surface area contributed by atoms with Gasteiger partial charge in [0.05, 0.1) is 11.5 Å². The van der Waals surface area contributed by atoms with Crippen LogP contribution in [0.3, 0.4) is 0 Å². The summed E-state index contributed by atoms with van der Waals surface area (Å²) in [4.78, 5) is 23.8. The largest absolute Gasteiger partial charge is 0.573 e. The third-order valence-electron chi connectivity index (χ3n) is 3.80. The minimum Gasteiger partial charge on any atom is -0.481 e. The highest BCUT2D eigenvalue weighted by atomic mass is 19.4. The van der Waals surface area contributed by atoms with Crippen molar-refractivity contribution in [3.8, 4) is 5.75 Å². The SMILES string of the molecule is O=C(O)C1CCCCC1C(=O)c1ccccc1OC(F)(F)F. The van der Waals surface area contributed by atoms with Crippen molar-refractivity contribution in [1.29, 1.82) is 0 Å². The Bertz CT molecular complexity index is 568. The molecule has 0 heterocycles. The fourth-order valence-electron chi connectivity index (χ4n) is 2.82. The number of carboxylic acids is 1. The Balaban J connectivity index is 2.30. The fraction of sp³-hybridized carbons (Fsp3) is 0.467. The van der Waals surface area contributed by atoms with E-state index in [0.29, 0.717) is 25.7 Å². The summed E-state index contributed by atoms with van der Waals surface area (Å²) in [5.41, 5.74) is -0.224. The molecular formula is C15H15F3O4. The predicted octanol–water partition coefficient (Wildman–Crippen LogP) is 3.66. The monoisotopic (exact) mass is 316 g/mol. The van der Waals surface area contributed by atoms with Gasteiger partial charge in [-0.05, 0) is 25.0 Å². The van der Waals surface area contributed by atoms with Gasteiger partial charge < -0.3 is 9.84 Å². The topological polar surface area (TPSA) is 63.6 Å².